The van der Waals surface area contributed by atoms with Crippen molar-refractivity contribution in [2.45, 2.75) is 37.5 Å². The zero-order valence-electron chi connectivity index (χ0n) is 18.5. The van der Waals surface area contributed by atoms with E-state index in [1.165, 1.54) is 42.7 Å². The first kappa shape index (κ1) is 24.4. The molecule has 1 aliphatic rings. The van der Waals surface area contributed by atoms with Crippen molar-refractivity contribution in [2.75, 3.05) is 17.1 Å². The Morgan fingerprint density at radius 2 is 1.94 bits per heavy atom. The Bertz CT molecular complexity index is 1340. The van der Waals surface area contributed by atoms with Crippen molar-refractivity contribution in [1.82, 2.24) is 4.98 Å². The first-order valence-corrected chi connectivity index (χ1v) is 13.3. The number of carbonyl (C=O) groups is 1. The maximum atomic E-state index is 14.2. The first-order valence-electron chi connectivity index (χ1n) is 10.6. The average Bonchev–Trinajstić information content (AvgIpc) is 3.45. The molecule has 1 aromatic heterocycles. The van der Waals surface area contributed by atoms with Crippen LogP contribution in [0.2, 0.25) is 5.02 Å². The van der Waals surface area contributed by atoms with Crippen LogP contribution in [-0.4, -0.2) is 26.4 Å². The van der Waals surface area contributed by atoms with Crippen molar-refractivity contribution in [2.24, 2.45) is 5.92 Å². The van der Waals surface area contributed by atoms with E-state index in [-0.39, 0.29) is 33.2 Å². The molecule has 1 heterocycles. The van der Waals surface area contributed by atoms with Crippen molar-refractivity contribution in [3.63, 3.8) is 0 Å². The number of thiazole rings is 1. The molecule has 1 saturated carbocycles. The van der Waals surface area contributed by atoms with Crippen molar-refractivity contribution in [1.29, 1.82) is 0 Å². The molecule has 0 spiro atoms. The van der Waals surface area contributed by atoms with Crippen molar-refractivity contribution < 1.29 is 22.3 Å². The first-order chi connectivity index (χ1) is 16.2. The molecular formula is C23H23ClFN3O4S2. The van der Waals surface area contributed by atoms with E-state index in [0.717, 1.165) is 31.7 Å². The van der Waals surface area contributed by atoms with E-state index in [1.54, 1.807) is 13.0 Å². The van der Waals surface area contributed by atoms with Crippen LogP contribution in [0.3, 0.4) is 0 Å². The summed E-state index contributed by atoms with van der Waals surface area (Å²) in [5, 5.41) is 3.50. The highest BCUT2D eigenvalue weighted by Crippen LogP contribution is 2.37. The Kier molecular flexibility index (Phi) is 7.11. The van der Waals surface area contributed by atoms with Gasteiger partial charge in [0.15, 0.2) is 5.13 Å². The number of hydrogen-bond acceptors (Lipinski definition) is 6. The van der Waals surface area contributed by atoms with E-state index in [2.05, 4.69) is 15.0 Å². The summed E-state index contributed by atoms with van der Waals surface area (Å²) in [6, 6.07) is 8.34. The number of aryl methyl sites for hydroxylation is 1. The summed E-state index contributed by atoms with van der Waals surface area (Å²) in [5.74, 6) is -0.732. The monoisotopic (exact) mass is 523 g/mol. The highest BCUT2D eigenvalue weighted by molar-refractivity contribution is 7.92. The van der Waals surface area contributed by atoms with Gasteiger partial charge in [0.1, 0.15) is 16.5 Å². The van der Waals surface area contributed by atoms with Gasteiger partial charge < -0.3 is 10.1 Å². The van der Waals surface area contributed by atoms with E-state index < -0.39 is 15.8 Å². The number of ether oxygens (including phenoxy) is 1. The lowest BCUT2D eigenvalue weighted by Gasteiger charge is -2.13. The topological polar surface area (TPSA) is 97.4 Å². The lowest BCUT2D eigenvalue weighted by molar-refractivity contribution is -0.119. The Balaban J connectivity index is 1.65. The SMILES string of the molecule is COc1ccc(-c2sc(NC(=O)C3CCCC3)nc2C)cc1S(=O)(=O)Nc1ccc(Cl)cc1F. The van der Waals surface area contributed by atoms with Crippen molar-refractivity contribution in [3.8, 4) is 16.2 Å². The van der Waals surface area contributed by atoms with Gasteiger partial charge in [-0.1, -0.05) is 35.8 Å². The fourth-order valence-electron chi connectivity index (χ4n) is 3.91. The third-order valence-electron chi connectivity index (χ3n) is 5.64. The minimum atomic E-state index is -4.20. The van der Waals surface area contributed by atoms with Gasteiger partial charge in [-0.15, -0.1) is 0 Å². The number of benzene rings is 2. The van der Waals surface area contributed by atoms with E-state index in [9.17, 15) is 17.6 Å². The van der Waals surface area contributed by atoms with Gasteiger partial charge >= 0.3 is 0 Å². The quantitative estimate of drug-likeness (QED) is 0.405. The number of hydrogen-bond donors (Lipinski definition) is 2. The molecule has 0 unspecified atom stereocenters. The fraction of sp³-hybridized carbons (Fsp3) is 0.304. The van der Waals surface area contributed by atoms with Gasteiger partial charge in [0.05, 0.1) is 23.4 Å². The van der Waals surface area contributed by atoms with Gasteiger partial charge in [-0.3, -0.25) is 9.52 Å². The fourth-order valence-corrected chi connectivity index (χ4v) is 6.30. The molecular weight excluding hydrogens is 501 g/mol. The van der Waals surface area contributed by atoms with Gasteiger partial charge in [0, 0.05) is 10.9 Å². The van der Waals surface area contributed by atoms with E-state index in [0.29, 0.717) is 21.3 Å². The summed E-state index contributed by atoms with van der Waals surface area (Å²) < 4.78 is 48.0. The largest absolute Gasteiger partial charge is 0.495 e. The lowest BCUT2D eigenvalue weighted by Crippen LogP contribution is -2.20. The number of aromatic nitrogens is 1. The Morgan fingerprint density at radius 1 is 1.21 bits per heavy atom. The number of amides is 1. The summed E-state index contributed by atoms with van der Waals surface area (Å²) in [7, 11) is -2.85. The van der Waals surface area contributed by atoms with Crippen LogP contribution in [0, 0.1) is 18.7 Å². The zero-order valence-corrected chi connectivity index (χ0v) is 20.9. The zero-order chi connectivity index (χ0) is 24.5. The number of rotatable bonds is 7. The molecule has 1 aliphatic carbocycles. The minimum absolute atomic E-state index is 0.00438. The normalized spacial score (nSPS) is 14.2. The van der Waals surface area contributed by atoms with Crippen LogP contribution in [0.15, 0.2) is 41.3 Å². The van der Waals surface area contributed by atoms with Crippen LogP contribution < -0.4 is 14.8 Å². The molecule has 3 aromatic rings. The molecule has 34 heavy (non-hydrogen) atoms. The van der Waals surface area contributed by atoms with Gasteiger partial charge in [0.2, 0.25) is 5.91 Å². The Labute approximate surface area is 206 Å². The Morgan fingerprint density at radius 3 is 2.62 bits per heavy atom. The van der Waals surface area contributed by atoms with E-state index in [1.807, 2.05) is 0 Å². The molecule has 1 amide bonds. The summed E-state index contributed by atoms with van der Waals surface area (Å²) in [5.41, 5.74) is 0.994. The number of nitrogens with zero attached hydrogens (tertiary/aromatic N) is 1. The molecule has 7 nitrogen and oxygen atoms in total. The summed E-state index contributed by atoms with van der Waals surface area (Å²) in [4.78, 5) is 17.5. The van der Waals surface area contributed by atoms with E-state index in [4.69, 9.17) is 16.3 Å². The number of sulfonamides is 1. The van der Waals surface area contributed by atoms with Crippen molar-refractivity contribution >= 4 is 49.7 Å². The van der Waals surface area contributed by atoms with Gasteiger partial charge in [-0.25, -0.2) is 17.8 Å². The van der Waals surface area contributed by atoms with Gasteiger partial charge in [-0.2, -0.15) is 0 Å². The summed E-state index contributed by atoms with van der Waals surface area (Å²) in [6.45, 7) is 1.79. The second-order valence-electron chi connectivity index (χ2n) is 8.00. The Hall–Kier alpha value is -2.69. The molecule has 0 radical (unpaired) electrons. The third-order valence-corrected chi connectivity index (χ3v) is 8.39. The molecule has 0 bridgehead atoms. The summed E-state index contributed by atoms with van der Waals surface area (Å²) in [6.07, 6.45) is 3.86. The lowest BCUT2D eigenvalue weighted by atomic mass is 10.1. The highest BCUT2D eigenvalue weighted by atomic mass is 35.5. The van der Waals surface area contributed by atoms with Gasteiger partial charge in [-0.05, 0) is 61.7 Å². The second kappa shape index (κ2) is 9.89. The smallest absolute Gasteiger partial charge is 0.265 e. The number of methoxy groups -OCH3 is 1. The second-order valence-corrected chi connectivity index (χ2v) is 11.1. The maximum absolute atomic E-state index is 14.2. The highest BCUT2D eigenvalue weighted by Gasteiger charge is 2.25. The molecule has 180 valence electrons. The van der Waals surface area contributed by atoms with Crippen molar-refractivity contribution in [3.05, 3.63) is 52.9 Å². The van der Waals surface area contributed by atoms with Crippen LogP contribution in [-0.2, 0) is 14.8 Å². The van der Waals surface area contributed by atoms with Crippen LogP contribution in [0.5, 0.6) is 5.75 Å². The predicted octanol–water partition coefficient (Wildman–Crippen LogP) is 5.85. The van der Waals surface area contributed by atoms with Crippen LogP contribution in [0.4, 0.5) is 15.2 Å². The minimum Gasteiger partial charge on any atom is -0.495 e. The molecule has 2 N–H and O–H groups in total. The number of anilines is 2. The third kappa shape index (κ3) is 5.18. The number of carbonyl (C=O) groups excluding carboxylic acids is 1. The molecule has 0 saturated heterocycles. The molecule has 2 aromatic carbocycles. The molecule has 4 rings (SSSR count). The average molecular weight is 524 g/mol. The maximum Gasteiger partial charge on any atom is 0.265 e. The summed E-state index contributed by atoms with van der Waals surface area (Å²) >= 11 is 7.03. The predicted molar refractivity (Wildman–Crippen MR) is 132 cm³/mol. The molecule has 0 atom stereocenters. The van der Waals surface area contributed by atoms with Crippen LogP contribution in [0.1, 0.15) is 31.4 Å². The number of halogens is 2. The molecule has 0 aliphatic heterocycles. The van der Waals surface area contributed by atoms with Crippen LogP contribution in [0.25, 0.3) is 10.4 Å². The van der Waals surface area contributed by atoms with Crippen LogP contribution >= 0.6 is 22.9 Å². The molecule has 11 heteroatoms. The molecule has 1 fully saturated rings. The van der Waals surface area contributed by atoms with E-state index >= 15 is 0 Å². The standard InChI is InChI=1S/C23H23ClFN3O4S2/c1-13-21(33-23(26-13)27-22(29)14-5-3-4-6-14)15-7-10-19(32-2)20(11-15)34(30,31)28-18-9-8-16(24)12-17(18)25/h7-12,14,28H,3-6H2,1-2H3,(H,26,27,29). The van der Waals surface area contributed by atoms with Gasteiger partial charge in [0.25, 0.3) is 10.0 Å². The number of nitrogens with one attached hydrogen (secondary N) is 2.